The van der Waals surface area contributed by atoms with E-state index in [0.29, 0.717) is 117 Å². The van der Waals surface area contributed by atoms with E-state index < -0.39 is 119 Å². The normalized spacial score (nSPS) is 23.7. The number of ether oxygens (including phenoxy) is 8. The molecule has 1 fully saturated rings. The maximum absolute atomic E-state index is 14.1. The minimum atomic E-state index is -2.38. The van der Waals surface area contributed by atoms with Crippen molar-refractivity contribution in [3.05, 3.63) is 75.9 Å². The predicted molar refractivity (Wildman–Crippen MR) is 307 cm³/mol. The molecule has 2 aromatic rings. The summed E-state index contributed by atoms with van der Waals surface area (Å²) in [6.45, 7) is 3.49. The maximum Gasteiger partial charge on any atom is 0.408 e. The van der Waals surface area contributed by atoms with Crippen LogP contribution >= 0.6 is 0 Å². The van der Waals surface area contributed by atoms with Crippen LogP contribution in [0.4, 0.5) is 4.79 Å². The fourth-order valence-corrected chi connectivity index (χ4v) is 11.5. The van der Waals surface area contributed by atoms with Crippen LogP contribution in [0.3, 0.4) is 0 Å². The Labute approximate surface area is 504 Å². The second-order valence-corrected chi connectivity index (χ2v) is 22.8. The van der Waals surface area contributed by atoms with Crippen LogP contribution in [0.15, 0.2) is 42.5 Å². The van der Waals surface area contributed by atoms with Crippen molar-refractivity contribution in [1.29, 1.82) is 0 Å². The molecule has 3 amide bonds. The smallest absolute Gasteiger partial charge is 0.408 e. The van der Waals surface area contributed by atoms with Crippen molar-refractivity contribution in [3.63, 3.8) is 0 Å². The van der Waals surface area contributed by atoms with E-state index in [1.54, 1.807) is 6.08 Å². The van der Waals surface area contributed by atoms with Gasteiger partial charge in [-0.05, 0) is 57.1 Å². The van der Waals surface area contributed by atoms with Crippen LogP contribution in [0.1, 0.15) is 165 Å². The van der Waals surface area contributed by atoms with Gasteiger partial charge in [0.1, 0.15) is 52.9 Å². The summed E-state index contributed by atoms with van der Waals surface area (Å²) < 4.78 is 45.2. The second-order valence-electron chi connectivity index (χ2n) is 22.8. The molecule has 0 spiro atoms. The maximum atomic E-state index is 14.1. The van der Waals surface area contributed by atoms with Crippen LogP contribution in [0.25, 0.3) is 0 Å². The molecule has 0 bridgehead atoms. The number of aliphatic hydroxyl groups is 3. The van der Waals surface area contributed by atoms with Crippen molar-refractivity contribution in [1.82, 2.24) is 10.2 Å². The molecule has 2 aromatic carbocycles. The highest BCUT2D eigenvalue weighted by Crippen LogP contribution is 2.52. The number of ketones is 6. The number of phenols is 2. The molecular weight excluding hydrogens is 1140 g/mol. The Kier molecular flexibility index (Phi) is 25.4. The van der Waals surface area contributed by atoms with E-state index >= 15 is 0 Å². The Morgan fingerprint density at radius 1 is 0.736 bits per heavy atom. The van der Waals surface area contributed by atoms with Gasteiger partial charge in [0.05, 0.1) is 94.9 Å². The Hall–Kier alpha value is -6.61. The Balaban J connectivity index is 0.745. The Bertz CT molecular complexity index is 2870. The largest absolute Gasteiger partial charge is 0.507 e. The van der Waals surface area contributed by atoms with Crippen molar-refractivity contribution in [2.45, 2.75) is 159 Å². The molecule has 0 radical (unpaired) electrons. The molecule has 24 nitrogen and oxygen atoms in total. The number of unbranched alkanes of at least 4 members (excludes halogenated alkanes) is 4. The predicted octanol–water partition coefficient (Wildman–Crippen LogP) is 4.88. The second kappa shape index (κ2) is 32.6. The van der Waals surface area contributed by atoms with Crippen molar-refractivity contribution < 1.29 is 107 Å². The quantitative estimate of drug-likeness (QED) is 0.0198. The summed E-state index contributed by atoms with van der Waals surface area (Å²) in [5, 5.41) is 58.7. The van der Waals surface area contributed by atoms with Gasteiger partial charge in [-0.1, -0.05) is 44.4 Å². The number of nitrogens with zero attached hydrogens (tertiary/aromatic N) is 1. The molecular formula is C63H82N2O22. The Morgan fingerprint density at radius 3 is 2.06 bits per heavy atom. The molecule has 7 rings (SSSR count). The van der Waals surface area contributed by atoms with Gasteiger partial charge in [0.15, 0.2) is 17.9 Å². The van der Waals surface area contributed by atoms with Gasteiger partial charge < -0.3 is 68.7 Å². The number of phenolic OH excluding ortho intramolecular Hbond substituents is 2. The molecule has 476 valence electrons. The lowest BCUT2D eigenvalue weighted by molar-refractivity contribution is -0.225. The number of alkyl carbamates (subject to hydrolysis) is 1. The molecule has 1 saturated heterocycles. The lowest BCUT2D eigenvalue weighted by atomic mass is 9.72. The average Bonchev–Trinajstić information content (AvgIpc) is 1.01. The average molecular weight is 1220 g/mol. The van der Waals surface area contributed by atoms with Crippen LogP contribution in [0, 0.1) is 5.41 Å². The zero-order valence-corrected chi connectivity index (χ0v) is 49.6. The molecule has 7 atom stereocenters. The molecule has 0 aromatic heterocycles. The number of aliphatic hydroxyl groups excluding tert-OH is 2. The third-order valence-corrected chi connectivity index (χ3v) is 16.6. The number of methoxy groups -OCH3 is 1. The number of rotatable bonds is 35. The molecule has 5 aliphatic rings. The lowest BCUT2D eigenvalue weighted by Gasteiger charge is -2.41. The van der Waals surface area contributed by atoms with E-state index in [4.69, 9.17) is 37.9 Å². The number of amides is 3. The number of allylic oxidation sites excluding steroid dienone is 1. The highest BCUT2D eigenvalue weighted by molar-refractivity contribution is 6.31. The van der Waals surface area contributed by atoms with E-state index in [2.05, 4.69) is 5.32 Å². The zero-order chi connectivity index (χ0) is 62.7. The fourth-order valence-electron chi connectivity index (χ4n) is 11.5. The minimum absolute atomic E-state index is 0.0373. The Morgan fingerprint density at radius 2 is 1.37 bits per heavy atom. The summed E-state index contributed by atoms with van der Waals surface area (Å²) in [5.74, 6) is -4.76. The number of hydrogen-bond donors (Lipinski definition) is 6. The first-order chi connectivity index (χ1) is 41.8. The summed E-state index contributed by atoms with van der Waals surface area (Å²) in [4.78, 5) is 117. The molecule has 24 heteroatoms. The van der Waals surface area contributed by atoms with Gasteiger partial charge in [-0.25, -0.2) is 4.79 Å². The number of carbonyl (C=O) groups is 9. The van der Waals surface area contributed by atoms with Crippen LogP contribution in [-0.2, 0) is 68.3 Å². The van der Waals surface area contributed by atoms with Gasteiger partial charge in [-0.3, -0.25) is 43.3 Å². The monoisotopic (exact) mass is 1220 g/mol. The molecule has 0 saturated carbocycles. The number of Topliss-reactive ketones (excluding diaryl/α,β-unsaturated/α-hetero) is 4. The third kappa shape index (κ3) is 18.0. The molecule has 2 aliphatic heterocycles. The number of nitrogens with one attached hydrogen (secondary N) is 1. The number of carbonyl (C=O) groups excluding carboxylic acids is 9. The van der Waals surface area contributed by atoms with Gasteiger partial charge in [0.25, 0.3) is 11.8 Å². The number of hydrogen-bond acceptors (Lipinski definition) is 22. The van der Waals surface area contributed by atoms with Crippen molar-refractivity contribution in [3.8, 4) is 17.2 Å². The summed E-state index contributed by atoms with van der Waals surface area (Å²) in [5.41, 5.74) is -4.86. The number of fused-ring (bicyclic) bond motifs is 3. The lowest BCUT2D eigenvalue weighted by Crippen LogP contribution is -2.53. The van der Waals surface area contributed by atoms with Crippen LogP contribution < -0.4 is 10.1 Å². The van der Waals surface area contributed by atoms with Crippen LogP contribution in [0.5, 0.6) is 17.2 Å². The first kappa shape index (κ1) is 67.9. The zero-order valence-electron chi connectivity index (χ0n) is 49.6. The first-order valence-corrected chi connectivity index (χ1v) is 30.0. The molecule has 7 unspecified atom stereocenters. The molecule has 87 heavy (non-hydrogen) atoms. The third-order valence-electron chi connectivity index (χ3n) is 16.6. The highest BCUT2D eigenvalue weighted by atomic mass is 16.7. The van der Waals surface area contributed by atoms with E-state index in [1.165, 1.54) is 37.5 Å². The summed E-state index contributed by atoms with van der Waals surface area (Å²) >= 11 is 0. The van der Waals surface area contributed by atoms with Gasteiger partial charge in [-0.15, -0.1) is 0 Å². The SMILES string of the molecule is COc1cccc2c1C(=O)c1c(O)c3c(c(O)c1C2=O)CC(O)(C(=O)CO)CC3OC1CC(NC(=O)OC2/C=C/CCC(C)(C(=O)CCCCCCCC(=O)CCOCCOCCOCCOCCCC(=O)CCN3C(=O)C=CC3=O)CC2)C(O)CO1. The van der Waals surface area contributed by atoms with E-state index in [0.717, 1.165) is 30.6 Å². The molecule has 2 heterocycles. The van der Waals surface area contributed by atoms with E-state index in [1.807, 2.05) is 13.0 Å². The highest BCUT2D eigenvalue weighted by Gasteiger charge is 2.50. The van der Waals surface area contributed by atoms with Gasteiger partial charge in [-0.2, -0.15) is 0 Å². The van der Waals surface area contributed by atoms with Crippen LogP contribution in [0.2, 0.25) is 0 Å². The number of benzene rings is 2. The van der Waals surface area contributed by atoms with E-state index in [9.17, 15) is 68.7 Å². The van der Waals surface area contributed by atoms with Gasteiger partial charge in [0.2, 0.25) is 5.78 Å². The van der Waals surface area contributed by atoms with Crippen molar-refractivity contribution in [2.24, 2.45) is 5.41 Å². The fraction of sp³-hybridized carbons (Fsp3) is 0.603. The first-order valence-electron chi connectivity index (χ1n) is 30.0. The van der Waals surface area contributed by atoms with Crippen LogP contribution in [-0.4, -0.2) is 193 Å². The molecule has 6 N–H and O–H groups in total. The van der Waals surface area contributed by atoms with Crippen molar-refractivity contribution >= 4 is 52.6 Å². The number of imide groups is 1. The standard InChI is InChI=1S/C63H82N2O22/c1-62(48(70)17-7-5-3-4-6-12-40(68)22-27-82-29-31-84-33-32-83-30-28-81-26-11-13-39(67)21-25-65-50(72)18-19-51(65)73)23-9-8-14-41(20-24-62)86-61(78)64-44-34-52(85-38-45(44)69)87-47-36-63(79,49(71)37-66)35-43-54(47)60(77)56-55(58(43)75)57(74)42-15-10-16-46(80-2)53(42)59(56)76/h8,10,14-16,18-19,41,44-45,47,52,66,69,75,77,79H,3-7,9,11-13,17,20-38H2,1-2H3,(H,64,78)/b14-8+. The van der Waals surface area contributed by atoms with Gasteiger partial charge >= 0.3 is 6.09 Å². The van der Waals surface area contributed by atoms with Gasteiger partial charge in [0, 0.05) is 98.8 Å². The van der Waals surface area contributed by atoms with E-state index in [-0.39, 0.29) is 71.3 Å². The minimum Gasteiger partial charge on any atom is -0.507 e. The topological polar surface area (TPSA) is 344 Å². The van der Waals surface area contributed by atoms with Crippen molar-refractivity contribution in [2.75, 3.05) is 79.7 Å². The summed E-state index contributed by atoms with van der Waals surface area (Å²) in [6, 6.07) is 3.26. The number of aromatic hydroxyl groups is 2. The molecule has 3 aliphatic carbocycles. The summed E-state index contributed by atoms with van der Waals surface area (Å²) in [6.07, 6.45) is 7.16. The summed E-state index contributed by atoms with van der Waals surface area (Å²) in [7, 11) is 1.30.